The van der Waals surface area contributed by atoms with E-state index >= 15 is 0 Å². The quantitative estimate of drug-likeness (QED) is 0.308. The van der Waals surface area contributed by atoms with Crippen LogP contribution in [-0.2, 0) is 4.79 Å². The summed E-state index contributed by atoms with van der Waals surface area (Å²) in [6, 6.07) is 11.0. The number of aryl methyl sites for hydroxylation is 1. The van der Waals surface area contributed by atoms with Gasteiger partial charge in [0.15, 0.2) is 0 Å². The van der Waals surface area contributed by atoms with Gasteiger partial charge >= 0.3 is 0 Å². The van der Waals surface area contributed by atoms with Crippen molar-refractivity contribution in [2.75, 3.05) is 37.4 Å². The minimum atomic E-state index is -0.254. The smallest absolute Gasteiger partial charge is 0.214 e. The minimum Gasteiger partial charge on any atom is -0.475 e. The maximum atomic E-state index is 14.7. The molecular weight excluding hydrogens is 461 g/mol. The first-order valence-corrected chi connectivity index (χ1v) is 11.9. The van der Waals surface area contributed by atoms with Gasteiger partial charge in [0, 0.05) is 31.4 Å². The van der Waals surface area contributed by atoms with Crippen LogP contribution in [-0.4, -0.2) is 48.3 Å². The molecule has 3 aromatic rings. The molecular formula is C27H34FN5O3. The number of primary amides is 1. The number of rotatable bonds is 10. The fraction of sp³-hybridized carbons (Fsp3) is 0.370. The molecule has 0 saturated heterocycles. The zero-order chi connectivity index (χ0) is 26.1. The molecule has 1 amide bonds. The van der Waals surface area contributed by atoms with Crippen LogP contribution in [0.1, 0.15) is 31.7 Å². The van der Waals surface area contributed by atoms with E-state index in [-0.39, 0.29) is 25.4 Å². The predicted molar refractivity (Wildman–Crippen MR) is 140 cm³/mol. The molecule has 1 aliphatic carbocycles. The number of pyridine rings is 2. The third-order valence-corrected chi connectivity index (χ3v) is 6.23. The van der Waals surface area contributed by atoms with E-state index in [4.69, 9.17) is 9.53 Å². The monoisotopic (exact) mass is 495 g/mol. The second-order valence-electron chi connectivity index (χ2n) is 9.10. The fourth-order valence-corrected chi connectivity index (χ4v) is 3.84. The average molecular weight is 496 g/mol. The molecule has 0 aliphatic heterocycles. The molecule has 192 valence electrons. The van der Waals surface area contributed by atoms with Crippen molar-refractivity contribution in [1.82, 2.24) is 9.97 Å². The Morgan fingerprint density at radius 2 is 1.97 bits per heavy atom. The van der Waals surface area contributed by atoms with Crippen LogP contribution in [0.2, 0.25) is 0 Å². The van der Waals surface area contributed by atoms with Gasteiger partial charge in [0.1, 0.15) is 18.2 Å². The number of aliphatic hydroxyl groups is 1. The van der Waals surface area contributed by atoms with Crippen molar-refractivity contribution in [3.05, 3.63) is 54.0 Å². The highest BCUT2D eigenvalue weighted by Gasteiger charge is 2.36. The molecule has 0 unspecified atom stereocenters. The van der Waals surface area contributed by atoms with Crippen LogP contribution >= 0.6 is 0 Å². The Labute approximate surface area is 211 Å². The molecule has 2 aromatic heterocycles. The van der Waals surface area contributed by atoms with Crippen LogP contribution < -0.4 is 21.1 Å². The summed E-state index contributed by atoms with van der Waals surface area (Å²) in [5.74, 6) is 0.877. The number of ether oxygens (including phenoxy) is 1. The number of carbonyl (C=O) groups is 1. The van der Waals surface area contributed by atoms with E-state index in [0.717, 1.165) is 41.0 Å². The van der Waals surface area contributed by atoms with Gasteiger partial charge in [-0.25, -0.2) is 14.4 Å². The van der Waals surface area contributed by atoms with Crippen molar-refractivity contribution in [1.29, 1.82) is 0 Å². The topological polar surface area (TPSA) is 122 Å². The zero-order valence-corrected chi connectivity index (χ0v) is 21.0. The lowest BCUT2D eigenvalue weighted by Gasteiger charge is -2.16. The number of nitrogens with two attached hydrogens (primary N) is 1. The molecule has 1 aromatic carbocycles. The van der Waals surface area contributed by atoms with Gasteiger partial charge in [-0.1, -0.05) is 6.92 Å². The van der Waals surface area contributed by atoms with Gasteiger partial charge < -0.3 is 26.2 Å². The number of benzene rings is 1. The van der Waals surface area contributed by atoms with Crippen LogP contribution in [0, 0.1) is 18.2 Å². The SMILES string of the molecule is CNc1cc(-c2cc(-c3cc(NCCC4(C)CC4)c(F)cc3C)cc(OCCO)n2)ccn1.NC=O. The van der Waals surface area contributed by atoms with E-state index in [2.05, 4.69) is 33.3 Å². The van der Waals surface area contributed by atoms with Crippen LogP contribution in [0.15, 0.2) is 42.6 Å². The standard InChI is InChI=1S/C26H31FN4O2.CH3NO/c1-17-12-21(27)23(29-9-7-26(2)5-6-26)16-20(17)19-13-22(31-25(15-19)33-11-10-32)18-4-8-30-24(14-18)28-3;2-1-3/h4,8,12-16,29,32H,5-7,9-11H2,1-3H3,(H,28,30);1H,(H2,2,3). The van der Waals surface area contributed by atoms with Crippen molar-refractivity contribution in [2.24, 2.45) is 11.1 Å². The lowest BCUT2D eigenvalue weighted by Crippen LogP contribution is -2.08. The molecule has 0 bridgehead atoms. The molecule has 5 N–H and O–H groups in total. The summed E-state index contributed by atoms with van der Waals surface area (Å²) in [6.45, 7) is 4.95. The maximum absolute atomic E-state index is 14.7. The second kappa shape index (κ2) is 12.3. The number of hydrogen-bond donors (Lipinski definition) is 4. The van der Waals surface area contributed by atoms with Gasteiger partial charge in [-0.15, -0.1) is 0 Å². The zero-order valence-electron chi connectivity index (χ0n) is 21.0. The van der Waals surface area contributed by atoms with Crippen molar-refractivity contribution < 1.29 is 19.0 Å². The summed E-state index contributed by atoms with van der Waals surface area (Å²) in [6.07, 6.45) is 5.49. The van der Waals surface area contributed by atoms with Crippen molar-refractivity contribution in [3.63, 3.8) is 0 Å². The van der Waals surface area contributed by atoms with Crippen LogP contribution in [0.25, 0.3) is 22.4 Å². The Morgan fingerprint density at radius 3 is 2.64 bits per heavy atom. The van der Waals surface area contributed by atoms with Crippen molar-refractivity contribution >= 4 is 17.9 Å². The fourth-order valence-electron chi connectivity index (χ4n) is 3.84. The van der Waals surface area contributed by atoms with E-state index in [1.54, 1.807) is 12.3 Å². The minimum absolute atomic E-state index is 0.108. The van der Waals surface area contributed by atoms with E-state index < -0.39 is 0 Å². The van der Waals surface area contributed by atoms with Gasteiger partial charge in [0.2, 0.25) is 12.3 Å². The highest BCUT2D eigenvalue weighted by molar-refractivity contribution is 5.77. The molecule has 2 heterocycles. The molecule has 1 saturated carbocycles. The van der Waals surface area contributed by atoms with Gasteiger partial charge in [0.25, 0.3) is 0 Å². The van der Waals surface area contributed by atoms with Gasteiger partial charge in [0.05, 0.1) is 18.0 Å². The lowest BCUT2D eigenvalue weighted by molar-refractivity contribution is -0.106. The summed E-state index contributed by atoms with van der Waals surface area (Å²) in [5, 5.41) is 15.5. The average Bonchev–Trinajstić information content (AvgIpc) is 3.61. The number of aromatic nitrogens is 2. The summed E-state index contributed by atoms with van der Waals surface area (Å²) in [7, 11) is 1.81. The Balaban J connectivity index is 0.00000115. The first-order valence-electron chi connectivity index (χ1n) is 11.9. The lowest BCUT2D eigenvalue weighted by atomic mass is 9.98. The molecule has 1 fully saturated rings. The molecule has 4 rings (SSSR count). The van der Waals surface area contributed by atoms with E-state index in [1.807, 2.05) is 44.3 Å². The van der Waals surface area contributed by atoms with Crippen molar-refractivity contribution in [2.45, 2.75) is 33.1 Å². The Kier molecular flexibility index (Phi) is 9.19. The third-order valence-electron chi connectivity index (χ3n) is 6.23. The number of nitrogens with zero attached hydrogens (tertiary/aromatic N) is 2. The maximum Gasteiger partial charge on any atom is 0.214 e. The number of hydrogen-bond acceptors (Lipinski definition) is 7. The highest BCUT2D eigenvalue weighted by atomic mass is 19.1. The molecule has 1 aliphatic rings. The summed E-state index contributed by atoms with van der Waals surface area (Å²) < 4.78 is 20.4. The highest BCUT2D eigenvalue weighted by Crippen LogP contribution is 2.48. The van der Waals surface area contributed by atoms with E-state index in [0.29, 0.717) is 22.7 Å². The number of carbonyl (C=O) groups excluding carboxylic acids is 1. The Morgan fingerprint density at radius 1 is 1.22 bits per heavy atom. The number of aliphatic hydroxyl groups excluding tert-OH is 1. The number of halogens is 1. The van der Waals surface area contributed by atoms with E-state index in [9.17, 15) is 9.50 Å². The van der Waals surface area contributed by atoms with Gasteiger partial charge in [-0.05, 0) is 78.6 Å². The van der Waals surface area contributed by atoms with Gasteiger partial charge in [-0.3, -0.25) is 4.79 Å². The first-order chi connectivity index (χ1) is 17.3. The third kappa shape index (κ3) is 7.14. The largest absolute Gasteiger partial charge is 0.475 e. The van der Waals surface area contributed by atoms with Crippen molar-refractivity contribution in [3.8, 4) is 28.3 Å². The summed E-state index contributed by atoms with van der Waals surface area (Å²) in [4.78, 5) is 17.5. The summed E-state index contributed by atoms with van der Waals surface area (Å²) in [5.41, 5.74) is 9.25. The molecule has 0 radical (unpaired) electrons. The number of amides is 1. The van der Waals surface area contributed by atoms with Crippen LogP contribution in [0.5, 0.6) is 5.88 Å². The first kappa shape index (κ1) is 26.9. The normalized spacial score (nSPS) is 13.2. The number of nitrogens with one attached hydrogen (secondary N) is 2. The second-order valence-corrected chi connectivity index (χ2v) is 9.10. The van der Waals surface area contributed by atoms with E-state index in [1.165, 1.54) is 12.8 Å². The Hall–Kier alpha value is -3.72. The van der Waals surface area contributed by atoms with Gasteiger partial charge in [-0.2, -0.15) is 0 Å². The molecule has 0 spiro atoms. The molecule has 0 atom stereocenters. The van der Waals surface area contributed by atoms with Crippen LogP contribution in [0.3, 0.4) is 0 Å². The Bertz CT molecular complexity index is 1180. The summed E-state index contributed by atoms with van der Waals surface area (Å²) >= 11 is 0. The van der Waals surface area contributed by atoms with Crippen LogP contribution in [0.4, 0.5) is 15.9 Å². The molecule has 36 heavy (non-hydrogen) atoms. The molecule has 9 heteroatoms. The molecule has 8 nitrogen and oxygen atoms in total. The number of anilines is 2. The predicted octanol–water partition coefficient (Wildman–Crippen LogP) is 4.37.